The minimum absolute atomic E-state index is 0.519. The average molecular weight is 257 g/mol. The molecule has 0 radical (unpaired) electrons. The van der Waals surface area contributed by atoms with E-state index in [4.69, 9.17) is 0 Å². The summed E-state index contributed by atoms with van der Waals surface area (Å²) in [5.41, 5.74) is 1.27. The summed E-state index contributed by atoms with van der Waals surface area (Å²) in [5, 5.41) is 3.46. The molecule has 1 N–H and O–H groups in total. The summed E-state index contributed by atoms with van der Waals surface area (Å²) in [7, 11) is 0. The number of hydrogen-bond acceptors (Lipinski definition) is 2. The molecule has 1 rings (SSSR count). The van der Waals surface area contributed by atoms with Gasteiger partial charge in [0.1, 0.15) is 0 Å². The predicted molar refractivity (Wildman–Crippen MR) is 63.4 cm³/mol. The van der Waals surface area contributed by atoms with E-state index in [0.29, 0.717) is 6.04 Å². The standard InChI is InChI=1S/C11H17BrN2/c1-3-4-14-9(2)5-10-6-11(12)8-13-7-10/h6-9,14H,3-5H2,1-2H3. The first kappa shape index (κ1) is 11.7. The zero-order valence-electron chi connectivity index (χ0n) is 8.76. The van der Waals surface area contributed by atoms with Gasteiger partial charge in [0, 0.05) is 22.9 Å². The Morgan fingerprint density at radius 2 is 2.29 bits per heavy atom. The van der Waals surface area contributed by atoms with E-state index >= 15 is 0 Å². The number of rotatable bonds is 5. The van der Waals surface area contributed by atoms with Crippen molar-refractivity contribution in [2.45, 2.75) is 32.7 Å². The van der Waals surface area contributed by atoms with Gasteiger partial charge in [-0.05, 0) is 53.9 Å². The van der Waals surface area contributed by atoms with Gasteiger partial charge in [-0.25, -0.2) is 0 Å². The van der Waals surface area contributed by atoms with Crippen molar-refractivity contribution in [1.29, 1.82) is 0 Å². The van der Waals surface area contributed by atoms with E-state index in [1.165, 1.54) is 12.0 Å². The highest BCUT2D eigenvalue weighted by molar-refractivity contribution is 9.10. The topological polar surface area (TPSA) is 24.9 Å². The highest BCUT2D eigenvalue weighted by Gasteiger charge is 2.02. The normalized spacial score (nSPS) is 12.8. The smallest absolute Gasteiger partial charge is 0.0410 e. The van der Waals surface area contributed by atoms with Gasteiger partial charge in [-0.1, -0.05) is 6.92 Å². The molecule has 1 unspecified atom stereocenters. The Morgan fingerprint density at radius 3 is 2.93 bits per heavy atom. The summed E-state index contributed by atoms with van der Waals surface area (Å²) in [6, 6.07) is 2.64. The van der Waals surface area contributed by atoms with E-state index in [1.807, 2.05) is 12.4 Å². The lowest BCUT2D eigenvalue weighted by Crippen LogP contribution is -2.28. The number of nitrogens with zero attached hydrogens (tertiary/aromatic N) is 1. The molecule has 14 heavy (non-hydrogen) atoms. The number of aromatic nitrogens is 1. The molecule has 2 nitrogen and oxygen atoms in total. The van der Waals surface area contributed by atoms with Crippen molar-refractivity contribution < 1.29 is 0 Å². The number of hydrogen-bond donors (Lipinski definition) is 1. The first-order chi connectivity index (χ1) is 6.72. The molecule has 78 valence electrons. The van der Waals surface area contributed by atoms with Gasteiger partial charge in [0.25, 0.3) is 0 Å². The van der Waals surface area contributed by atoms with Crippen LogP contribution in [0.25, 0.3) is 0 Å². The highest BCUT2D eigenvalue weighted by Crippen LogP contribution is 2.10. The van der Waals surface area contributed by atoms with Crippen LogP contribution in [0.4, 0.5) is 0 Å². The number of pyridine rings is 1. The second-order valence-electron chi connectivity index (χ2n) is 3.57. The third-order valence-corrected chi connectivity index (χ3v) is 2.48. The van der Waals surface area contributed by atoms with Crippen LogP contribution >= 0.6 is 15.9 Å². The molecule has 0 aliphatic carbocycles. The van der Waals surface area contributed by atoms with E-state index < -0.39 is 0 Å². The van der Waals surface area contributed by atoms with E-state index in [0.717, 1.165) is 17.4 Å². The van der Waals surface area contributed by atoms with Crippen LogP contribution in [0.2, 0.25) is 0 Å². The van der Waals surface area contributed by atoms with Crippen LogP contribution in [-0.4, -0.2) is 17.6 Å². The first-order valence-electron chi connectivity index (χ1n) is 5.05. The molecule has 1 heterocycles. The van der Waals surface area contributed by atoms with Gasteiger partial charge < -0.3 is 5.32 Å². The lowest BCUT2D eigenvalue weighted by atomic mass is 10.1. The van der Waals surface area contributed by atoms with Gasteiger partial charge in [0.2, 0.25) is 0 Å². The molecular formula is C11H17BrN2. The lowest BCUT2D eigenvalue weighted by molar-refractivity contribution is 0.543. The highest BCUT2D eigenvalue weighted by atomic mass is 79.9. The van der Waals surface area contributed by atoms with Crippen molar-refractivity contribution in [3.05, 3.63) is 28.5 Å². The average Bonchev–Trinajstić information content (AvgIpc) is 2.15. The van der Waals surface area contributed by atoms with E-state index in [2.05, 4.69) is 46.1 Å². The van der Waals surface area contributed by atoms with Gasteiger partial charge in [0.05, 0.1) is 0 Å². The predicted octanol–water partition coefficient (Wildman–Crippen LogP) is 2.77. The zero-order chi connectivity index (χ0) is 10.4. The lowest BCUT2D eigenvalue weighted by Gasteiger charge is -2.12. The Morgan fingerprint density at radius 1 is 1.50 bits per heavy atom. The van der Waals surface area contributed by atoms with Crippen molar-refractivity contribution in [3.63, 3.8) is 0 Å². The molecule has 1 atom stereocenters. The summed E-state index contributed by atoms with van der Waals surface area (Å²) in [6.45, 7) is 5.47. The summed E-state index contributed by atoms with van der Waals surface area (Å²) in [5.74, 6) is 0. The molecule has 0 bridgehead atoms. The van der Waals surface area contributed by atoms with Crippen LogP contribution in [0.3, 0.4) is 0 Å². The van der Waals surface area contributed by atoms with Gasteiger partial charge in [-0.15, -0.1) is 0 Å². The molecule has 0 aromatic carbocycles. The van der Waals surface area contributed by atoms with Crippen molar-refractivity contribution in [1.82, 2.24) is 10.3 Å². The molecule has 3 heteroatoms. The third-order valence-electron chi connectivity index (χ3n) is 2.05. The molecule has 0 aliphatic rings. The number of nitrogens with one attached hydrogen (secondary N) is 1. The fraction of sp³-hybridized carbons (Fsp3) is 0.545. The van der Waals surface area contributed by atoms with Gasteiger partial charge >= 0.3 is 0 Å². The van der Waals surface area contributed by atoms with Gasteiger partial charge in [-0.2, -0.15) is 0 Å². The summed E-state index contributed by atoms with van der Waals surface area (Å²) < 4.78 is 1.05. The van der Waals surface area contributed by atoms with Crippen LogP contribution < -0.4 is 5.32 Å². The quantitative estimate of drug-likeness (QED) is 0.877. The Kier molecular flexibility index (Phi) is 5.12. The molecule has 0 saturated carbocycles. The second kappa shape index (κ2) is 6.14. The van der Waals surface area contributed by atoms with Crippen molar-refractivity contribution in [2.24, 2.45) is 0 Å². The van der Waals surface area contributed by atoms with Gasteiger partial charge in [0.15, 0.2) is 0 Å². The fourth-order valence-corrected chi connectivity index (χ4v) is 1.80. The van der Waals surface area contributed by atoms with Crippen LogP contribution in [0, 0.1) is 0 Å². The second-order valence-corrected chi connectivity index (χ2v) is 4.49. The van der Waals surface area contributed by atoms with E-state index in [-0.39, 0.29) is 0 Å². The van der Waals surface area contributed by atoms with Gasteiger partial charge in [-0.3, -0.25) is 4.98 Å². The molecule has 0 fully saturated rings. The molecule has 0 amide bonds. The number of halogens is 1. The SMILES string of the molecule is CCCNC(C)Cc1cncc(Br)c1. The minimum Gasteiger partial charge on any atom is -0.314 e. The summed E-state index contributed by atoms with van der Waals surface area (Å²) in [6.07, 6.45) is 5.95. The molecule has 1 aromatic heterocycles. The largest absolute Gasteiger partial charge is 0.314 e. The Bertz CT molecular complexity index is 276. The monoisotopic (exact) mass is 256 g/mol. The maximum Gasteiger partial charge on any atom is 0.0410 e. The molecule has 1 aromatic rings. The summed E-state index contributed by atoms with van der Waals surface area (Å²) in [4.78, 5) is 4.14. The zero-order valence-corrected chi connectivity index (χ0v) is 10.3. The maximum absolute atomic E-state index is 4.14. The van der Waals surface area contributed by atoms with Crippen molar-refractivity contribution in [2.75, 3.05) is 6.54 Å². The van der Waals surface area contributed by atoms with Crippen LogP contribution in [-0.2, 0) is 6.42 Å². The van der Waals surface area contributed by atoms with E-state index in [1.54, 1.807) is 0 Å². The van der Waals surface area contributed by atoms with E-state index in [9.17, 15) is 0 Å². The minimum atomic E-state index is 0.519. The van der Waals surface area contributed by atoms with Crippen LogP contribution in [0.5, 0.6) is 0 Å². The molecule has 0 saturated heterocycles. The Balaban J connectivity index is 2.43. The van der Waals surface area contributed by atoms with Crippen LogP contribution in [0.15, 0.2) is 22.9 Å². The summed E-state index contributed by atoms with van der Waals surface area (Å²) >= 11 is 3.42. The first-order valence-corrected chi connectivity index (χ1v) is 5.84. The molecular weight excluding hydrogens is 240 g/mol. The molecule has 0 spiro atoms. The molecule has 0 aliphatic heterocycles. The Labute approximate surface area is 94.3 Å². The Hall–Kier alpha value is -0.410. The maximum atomic E-state index is 4.14. The third kappa shape index (κ3) is 4.20. The van der Waals surface area contributed by atoms with Crippen LogP contribution in [0.1, 0.15) is 25.8 Å². The van der Waals surface area contributed by atoms with Crippen molar-refractivity contribution >= 4 is 15.9 Å². The fourth-order valence-electron chi connectivity index (χ4n) is 1.38. The van der Waals surface area contributed by atoms with Crippen molar-refractivity contribution in [3.8, 4) is 0 Å².